The minimum Gasteiger partial charge on any atom is -0.486 e. The van der Waals surface area contributed by atoms with E-state index < -0.39 is 6.85 Å². The van der Waals surface area contributed by atoms with Crippen LogP contribution in [0.3, 0.4) is 0 Å². The van der Waals surface area contributed by atoms with Gasteiger partial charge in [0.15, 0.2) is 5.58 Å². The third-order valence-corrected chi connectivity index (χ3v) is 12.6. The van der Waals surface area contributed by atoms with Gasteiger partial charge in [-0.3, -0.25) is 4.98 Å². The second kappa shape index (κ2) is 18.3. The predicted octanol–water partition coefficient (Wildman–Crippen LogP) is 16.4. The number of hydrogen-bond donors (Lipinski definition) is 0. The molecular weight excluding hydrogens is 1030 g/mol. The molecule has 6 aromatic carbocycles. The first kappa shape index (κ1) is 43.5. The Morgan fingerprint density at radius 3 is 2.09 bits per heavy atom. The van der Waals surface area contributed by atoms with Crippen LogP contribution in [0.25, 0.3) is 94.6 Å². The van der Waals surface area contributed by atoms with E-state index in [9.17, 15) is 0 Å². The van der Waals surface area contributed by atoms with E-state index in [1.54, 1.807) is 6.07 Å². The summed E-state index contributed by atoms with van der Waals surface area (Å²) in [6.45, 7) is 19.2. The fourth-order valence-electron chi connectivity index (χ4n) is 8.98. The van der Waals surface area contributed by atoms with Crippen molar-refractivity contribution in [1.29, 1.82) is 0 Å². The van der Waals surface area contributed by atoms with Gasteiger partial charge in [0.25, 0.3) is 0 Å². The summed E-state index contributed by atoms with van der Waals surface area (Å²) in [5, 5.41) is 1.87. The second-order valence-corrected chi connectivity index (χ2v) is 20.4. The van der Waals surface area contributed by atoms with Crippen LogP contribution >= 0.6 is 0 Å². The minimum absolute atomic E-state index is 0. The Kier molecular flexibility index (Phi) is 11.6. The fraction of sp³-hybridized carbons (Fsp3) is 0.246. The Morgan fingerprint density at radius 2 is 1.41 bits per heavy atom. The van der Waals surface area contributed by atoms with Crippen LogP contribution in [0.2, 0.25) is 0 Å². The molecule has 0 saturated heterocycles. The number of furan rings is 1. The number of imidazole rings is 1. The summed E-state index contributed by atoms with van der Waals surface area (Å²) in [7, 11) is 0. The van der Waals surface area contributed by atoms with Crippen LogP contribution in [0.5, 0.6) is 0 Å². The van der Waals surface area contributed by atoms with Gasteiger partial charge < -0.3 is 18.4 Å². The molecule has 1 radical (unpaired) electrons. The van der Waals surface area contributed by atoms with Crippen LogP contribution in [-0.4, -0.2) is 24.5 Å². The molecule has 0 N–H and O–H groups in total. The van der Waals surface area contributed by atoms with Crippen LogP contribution in [0, 0.1) is 19.0 Å². The summed E-state index contributed by atoms with van der Waals surface area (Å²) in [5.74, 6) is 1.56. The molecule has 349 valence electrons. The number of hydrogen-bond acceptors (Lipinski definition) is 6. The molecular formula is C61H57IrN5O2-2. The van der Waals surface area contributed by atoms with Crippen molar-refractivity contribution in [3.05, 3.63) is 174 Å². The van der Waals surface area contributed by atoms with Crippen LogP contribution in [0.15, 0.2) is 142 Å². The maximum absolute atomic E-state index is 8.59. The van der Waals surface area contributed by atoms with E-state index in [1.165, 1.54) is 16.7 Å². The van der Waals surface area contributed by atoms with Crippen LogP contribution in [0.1, 0.15) is 113 Å². The number of fused-ring (bicyclic) bond motifs is 7. The van der Waals surface area contributed by atoms with Gasteiger partial charge in [-0.25, -0.2) is 9.97 Å². The summed E-state index contributed by atoms with van der Waals surface area (Å²) in [5.41, 5.74) is 13.9. The number of benzene rings is 6. The molecule has 0 aliphatic rings. The van der Waals surface area contributed by atoms with E-state index in [0.29, 0.717) is 56.0 Å². The van der Waals surface area contributed by atoms with E-state index in [1.807, 2.05) is 72.9 Å². The zero-order valence-electron chi connectivity index (χ0n) is 43.7. The predicted molar refractivity (Wildman–Crippen MR) is 280 cm³/mol. The standard InChI is InChI=1S/C46H41N4O2.C15H16N.Ir/c1-25(2)32-23-30(28-14-10-9-11-15-28)24-33(26(3)4)41(32)50-36-17-13-12-16-35(36)47-43(50)31-20-18-27(5)38-34-22-29-19-21-37-40(49-45(51-37)46(6,7)8)39(29)48-44(34)52-42(31)38;1-15(2,3)13-9-10-16-14(11-13)12-7-5-4-6-8-12;/h9-19,21-26H,1-8H3;4-7,9-11H,1-3H3;/q2*-1;/i5D3;;. The van der Waals surface area contributed by atoms with Gasteiger partial charge in [-0.1, -0.05) is 136 Å². The Bertz CT molecular complexity index is 3750. The van der Waals surface area contributed by atoms with E-state index in [2.05, 4.69) is 146 Å². The Labute approximate surface area is 422 Å². The first-order valence-corrected chi connectivity index (χ1v) is 23.4. The quantitative estimate of drug-likeness (QED) is 0.154. The van der Waals surface area contributed by atoms with Gasteiger partial charge in [0.1, 0.15) is 11.0 Å². The largest absolute Gasteiger partial charge is 0.486 e. The molecule has 69 heavy (non-hydrogen) atoms. The van der Waals surface area contributed by atoms with Crippen molar-refractivity contribution in [3.8, 4) is 39.5 Å². The molecule has 11 aromatic rings. The average Bonchev–Trinajstić information content (AvgIpc) is 4.07. The fourth-order valence-corrected chi connectivity index (χ4v) is 8.98. The van der Waals surface area contributed by atoms with E-state index >= 15 is 0 Å². The van der Waals surface area contributed by atoms with Crippen LogP contribution in [0.4, 0.5) is 0 Å². The molecule has 5 aromatic heterocycles. The molecule has 0 amide bonds. The Balaban J connectivity index is 0.000000321. The average molecular weight is 1090 g/mol. The molecule has 7 nitrogen and oxygen atoms in total. The number of rotatable bonds is 6. The van der Waals surface area contributed by atoms with Crippen LogP contribution < -0.4 is 0 Å². The molecule has 5 heterocycles. The minimum atomic E-state index is -2.44. The summed E-state index contributed by atoms with van der Waals surface area (Å²) in [6, 6.07) is 49.2. The number of oxazole rings is 1. The monoisotopic (exact) mass is 1090 g/mol. The molecule has 0 spiro atoms. The van der Waals surface area contributed by atoms with Crippen molar-refractivity contribution < 1.29 is 33.1 Å². The third kappa shape index (κ3) is 8.81. The zero-order valence-corrected chi connectivity index (χ0v) is 43.1. The number of aromatic nitrogens is 5. The smallest absolute Gasteiger partial charge is 0.216 e. The first-order chi connectivity index (χ1) is 33.8. The summed E-state index contributed by atoms with van der Waals surface area (Å²) >= 11 is 0. The van der Waals surface area contributed by atoms with Crippen molar-refractivity contribution >= 4 is 55.1 Å². The van der Waals surface area contributed by atoms with Gasteiger partial charge in [0, 0.05) is 52.3 Å². The molecule has 0 saturated carbocycles. The number of pyridine rings is 2. The van der Waals surface area contributed by atoms with Gasteiger partial charge in [0.2, 0.25) is 11.6 Å². The maximum atomic E-state index is 8.59. The number of para-hydroxylation sites is 2. The first-order valence-electron chi connectivity index (χ1n) is 24.9. The third-order valence-electron chi connectivity index (χ3n) is 12.6. The zero-order chi connectivity index (χ0) is 50.1. The second-order valence-electron chi connectivity index (χ2n) is 20.4. The molecule has 0 unspecified atom stereocenters. The number of nitrogens with zero attached hydrogens (tertiary/aromatic N) is 5. The summed E-state index contributed by atoms with van der Waals surface area (Å²) < 4.78 is 40.9. The van der Waals surface area contributed by atoms with Crippen molar-refractivity contribution in [2.75, 3.05) is 0 Å². The normalized spacial score (nSPS) is 13.0. The molecule has 0 bridgehead atoms. The van der Waals surface area contributed by atoms with Crippen molar-refractivity contribution in [2.24, 2.45) is 0 Å². The molecule has 11 rings (SSSR count). The van der Waals surface area contributed by atoms with Gasteiger partial charge in [0.05, 0.1) is 22.4 Å². The molecule has 8 heteroatoms. The molecule has 0 fully saturated rings. The van der Waals surface area contributed by atoms with E-state index in [0.717, 1.165) is 44.5 Å². The molecule has 0 aliphatic heterocycles. The van der Waals surface area contributed by atoms with Crippen molar-refractivity contribution in [1.82, 2.24) is 24.5 Å². The van der Waals surface area contributed by atoms with Gasteiger partial charge in [-0.05, 0) is 99.3 Å². The van der Waals surface area contributed by atoms with Crippen LogP contribution in [-0.2, 0) is 30.9 Å². The summed E-state index contributed by atoms with van der Waals surface area (Å²) in [6.07, 6.45) is 1.87. The SMILES string of the molecule is CC(C)(C)c1ccnc(-c2[c-]cccc2)c1.[2H]C([2H])([2H])c1c[c-]c(-c2nc3ccccc3n2-c2c(C(C)C)cc(-c3ccccc3)cc2C(C)C)c2oc3nc4c(ccc5oc(C(C)(C)C)nc54)cc3c12.[Ir]. The Morgan fingerprint density at radius 1 is 0.681 bits per heavy atom. The summed E-state index contributed by atoms with van der Waals surface area (Å²) in [4.78, 5) is 19.5. The van der Waals surface area contributed by atoms with Gasteiger partial charge in [-0.15, -0.1) is 53.6 Å². The maximum Gasteiger partial charge on any atom is 0.216 e. The van der Waals surface area contributed by atoms with Crippen molar-refractivity contribution in [3.63, 3.8) is 0 Å². The van der Waals surface area contributed by atoms with Gasteiger partial charge in [-0.2, -0.15) is 0 Å². The van der Waals surface area contributed by atoms with E-state index in [-0.39, 0.29) is 48.3 Å². The topological polar surface area (TPSA) is 82.8 Å². The Hall–Kier alpha value is -6.73. The molecule has 0 aliphatic carbocycles. The van der Waals surface area contributed by atoms with E-state index in [4.69, 9.17) is 27.9 Å². The van der Waals surface area contributed by atoms with Crippen molar-refractivity contribution in [2.45, 2.75) is 98.8 Å². The molecule has 0 atom stereocenters. The number of aryl methyl sites for hydroxylation is 1. The van der Waals surface area contributed by atoms with Gasteiger partial charge >= 0.3 is 0 Å².